The number of nitrogens with one attached hydrogen (secondary N) is 3. The zero-order chi connectivity index (χ0) is 23.2. The Morgan fingerprint density at radius 3 is 3.06 bits per heavy atom. The van der Waals surface area contributed by atoms with Crippen LogP contribution in [0.15, 0.2) is 48.7 Å². The molecule has 0 fully saturated rings. The summed E-state index contributed by atoms with van der Waals surface area (Å²) >= 11 is 0. The highest BCUT2D eigenvalue weighted by Gasteiger charge is 2.33. The number of para-hydroxylation sites is 1. The van der Waals surface area contributed by atoms with Gasteiger partial charge in [-0.15, -0.1) is 5.10 Å². The highest BCUT2D eigenvalue weighted by atomic mass is 19.1. The average Bonchev–Trinajstić information content (AvgIpc) is 3.42. The van der Waals surface area contributed by atoms with Gasteiger partial charge in [0.05, 0.1) is 35.9 Å². The Morgan fingerprint density at radius 1 is 1.26 bits per heavy atom. The Balaban J connectivity index is 1.62. The fraction of sp³-hybridized carbons (Fsp3) is 0.208. The number of aromatic nitrogens is 4. The molecule has 4 aromatic rings. The third-order valence-electron chi connectivity index (χ3n) is 6.11. The molecule has 1 amide bonds. The number of aromatic amines is 1. The highest BCUT2D eigenvalue weighted by Crippen LogP contribution is 2.42. The van der Waals surface area contributed by atoms with Crippen LogP contribution < -0.4 is 20.1 Å². The topological polar surface area (TPSA) is 106 Å². The molecule has 0 saturated carbocycles. The van der Waals surface area contributed by atoms with Crippen LogP contribution in [0.4, 0.5) is 15.8 Å². The number of anilines is 2. The first kappa shape index (κ1) is 20.3. The van der Waals surface area contributed by atoms with Gasteiger partial charge in [-0.1, -0.05) is 18.2 Å². The molecule has 34 heavy (non-hydrogen) atoms. The summed E-state index contributed by atoms with van der Waals surface area (Å²) < 4.78 is 27.2. The molecule has 3 aromatic heterocycles. The maximum atomic E-state index is 14.4. The van der Waals surface area contributed by atoms with E-state index >= 15 is 0 Å². The van der Waals surface area contributed by atoms with Crippen LogP contribution in [-0.2, 0) is 0 Å². The molecule has 9 nitrogen and oxygen atoms in total. The molecule has 1 unspecified atom stereocenters. The van der Waals surface area contributed by atoms with Crippen LogP contribution in [0.5, 0.6) is 11.6 Å². The Labute approximate surface area is 193 Å². The van der Waals surface area contributed by atoms with Gasteiger partial charge in [0.15, 0.2) is 17.2 Å². The van der Waals surface area contributed by atoms with Gasteiger partial charge >= 0.3 is 0 Å². The third-order valence-corrected chi connectivity index (χ3v) is 6.11. The number of benzene rings is 1. The van der Waals surface area contributed by atoms with Gasteiger partial charge in [0.1, 0.15) is 12.3 Å². The Bertz CT molecular complexity index is 1460. The van der Waals surface area contributed by atoms with E-state index in [9.17, 15) is 9.18 Å². The minimum absolute atomic E-state index is 0.0212. The molecule has 0 aliphatic carbocycles. The number of halogens is 1. The minimum atomic E-state index is -0.508. The summed E-state index contributed by atoms with van der Waals surface area (Å²) in [4.78, 5) is 21.0. The number of allylic oxidation sites excluding steroid dienone is 1. The summed E-state index contributed by atoms with van der Waals surface area (Å²) in [7, 11) is 1.40. The SMILES string of the molecule is COc1c(F)cccc1Nc1c2[nH]c3c1C(=O)NCC3C/C=C\COc1ccc3ncc-2n3n1. The second-order valence-electron chi connectivity index (χ2n) is 8.12. The maximum Gasteiger partial charge on any atom is 0.255 e. The highest BCUT2D eigenvalue weighted by molar-refractivity contribution is 6.06. The van der Waals surface area contributed by atoms with Gasteiger partial charge in [-0.05, 0) is 24.6 Å². The fourth-order valence-electron chi connectivity index (χ4n) is 4.50. The van der Waals surface area contributed by atoms with Crippen molar-refractivity contribution in [2.24, 2.45) is 0 Å². The Hall–Kier alpha value is -4.34. The number of hydrogen-bond donors (Lipinski definition) is 3. The molecule has 10 heteroatoms. The van der Waals surface area contributed by atoms with E-state index in [1.807, 2.05) is 18.2 Å². The molecule has 0 spiro atoms. The normalized spacial score (nSPS) is 17.8. The van der Waals surface area contributed by atoms with Crippen LogP contribution in [0, 0.1) is 5.82 Å². The molecular weight excluding hydrogens is 439 g/mol. The van der Waals surface area contributed by atoms with Gasteiger partial charge in [0.2, 0.25) is 5.88 Å². The maximum absolute atomic E-state index is 14.4. The summed E-state index contributed by atoms with van der Waals surface area (Å²) in [6, 6.07) is 8.18. The van der Waals surface area contributed by atoms with E-state index < -0.39 is 5.82 Å². The summed E-state index contributed by atoms with van der Waals surface area (Å²) in [6.07, 6.45) is 6.36. The molecule has 4 bridgehead atoms. The first-order valence-electron chi connectivity index (χ1n) is 10.9. The molecule has 1 atom stereocenters. The first-order chi connectivity index (χ1) is 16.6. The van der Waals surface area contributed by atoms with Crippen molar-refractivity contribution >= 4 is 22.9 Å². The molecule has 6 rings (SSSR count). The number of hydrogen-bond acceptors (Lipinski definition) is 6. The Morgan fingerprint density at radius 2 is 2.18 bits per heavy atom. The van der Waals surface area contributed by atoms with E-state index in [1.54, 1.807) is 28.9 Å². The van der Waals surface area contributed by atoms with Gasteiger partial charge in [0, 0.05) is 24.2 Å². The molecular formula is C24H21FN6O3. The van der Waals surface area contributed by atoms with E-state index in [2.05, 4.69) is 25.7 Å². The van der Waals surface area contributed by atoms with Crippen LogP contribution in [0.2, 0.25) is 0 Å². The number of H-pyrrole nitrogens is 1. The predicted octanol–water partition coefficient (Wildman–Crippen LogP) is 3.78. The van der Waals surface area contributed by atoms with Crippen LogP contribution in [-0.4, -0.2) is 45.8 Å². The molecule has 1 aromatic carbocycles. The lowest BCUT2D eigenvalue weighted by molar-refractivity contribution is 0.0941. The third kappa shape index (κ3) is 3.18. The van der Waals surface area contributed by atoms with Gasteiger partial charge in [-0.25, -0.2) is 13.9 Å². The quantitative estimate of drug-likeness (QED) is 0.402. The molecule has 3 N–H and O–H groups in total. The summed E-state index contributed by atoms with van der Waals surface area (Å²) in [5.41, 5.74) is 4.03. The minimum Gasteiger partial charge on any atom is -0.492 e. The smallest absolute Gasteiger partial charge is 0.255 e. The number of rotatable bonds is 3. The number of amides is 1. The van der Waals surface area contributed by atoms with Crippen LogP contribution in [0.3, 0.4) is 0 Å². The zero-order valence-corrected chi connectivity index (χ0v) is 18.3. The van der Waals surface area contributed by atoms with E-state index in [-0.39, 0.29) is 17.6 Å². The number of ether oxygens (including phenoxy) is 2. The van der Waals surface area contributed by atoms with Gasteiger partial charge < -0.3 is 25.1 Å². The lowest BCUT2D eigenvalue weighted by Crippen LogP contribution is -2.34. The number of nitrogens with zero attached hydrogens (tertiary/aromatic N) is 3. The molecule has 5 heterocycles. The van der Waals surface area contributed by atoms with Crippen molar-refractivity contribution in [3.8, 4) is 23.0 Å². The predicted molar refractivity (Wildman–Crippen MR) is 123 cm³/mol. The number of carbonyl (C=O) groups is 1. The molecule has 172 valence electrons. The van der Waals surface area contributed by atoms with Crippen molar-refractivity contribution < 1.29 is 18.7 Å². The van der Waals surface area contributed by atoms with Crippen molar-refractivity contribution in [3.05, 3.63) is 65.8 Å². The molecule has 2 aliphatic rings. The van der Waals surface area contributed by atoms with E-state index in [0.717, 1.165) is 5.69 Å². The van der Waals surface area contributed by atoms with E-state index in [1.165, 1.54) is 13.2 Å². The standard InChI is InChI=1S/C24H21FN6O3/c1-33-23-14(25)6-4-7-15(23)28-22-19-20-13(11-27-24(19)32)5-2-3-10-34-18-9-8-17-26-12-16(21(22)29-20)31(17)30-18/h2-4,6-9,12-13,28-29H,5,10-11H2,1H3,(H,27,32)/b3-2-. The van der Waals surface area contributed by atoms with Gasteiger partial charge in [-0.3, -0.25) is 4.79 Å². The van der Waals surface area contributed by atoms with Crippen LogP contribution >= 0.6 is 0 Å². The number of fused-ring (bicyclic) bond motifs is 3. The number of imidazole rings is 1. The summed E-state index contributed by atoms with van der Waals surface area (Å²) in [5.74, 6) is -0.196. The van der Waals surface area contributed by atoms with Gasteiger partial charge in [-0.2, -0.15) is 0 Å². The second-order valence-corrected chi connectivity index (χ2v) is 8.12. The van der Waals surface area contributed by atoms with Crippen molar-refractivity contribution in [1.29, 1.82) is 0 Å². The van der Waals surface area contributed by atoms with Crippen molar-refractivity contribution in [3.63, 3.8) is 0 Å². The molecule has 0 radical (unpaired) electrons. The molecule has 0 saturated heterocycles. The number of carbonyl (C=O) groups excluding carboxylic acids is 1. The van der Waals surface area contributed by atoms with Crippen molar-refractivity contribution in [2.45, 2.75) is 12.3 Å². The second kappa shape index (κ2) is 7.91. The first-order valence-corrected chi connectivity index (χ1v) is 10.9. The molecule has 2 aliphatic heterocycles. The fourth-order valence-corrected chi connectivity index (χ4v) is 4.50. The van der Waals surface area contributed by atoms with E-state index in [0.29, 0.717) is 59.4 Å². The summed E-state index contributed by atoms with van der Waals surface area (Å²) in [5, 5.41) is 10.8. The lowest BCUT2D eigenvalue weighted by atomic mass is 9.93. The van der Waals surface area contributed by atoms with E-state index in [4.69, 9.17) is 9.47 Å². The monoisotopic (exact) mass is 460 g/mol. The van der Waals surface area contributed by atoms with Gasteiger partial charge in [0.25, 0.3) is 5.91 Å². The lowest BCUT2D eigenvalue weighted by Gasteiger charge is -2.23. The largest absolute Gasteiger partial charge is 0.492 e. The van der Waals surface area contributed by atoms with Crippen LogP contribution in [0.25, 0.3) is 17.0 Å². The van der Waals surface area contributed by atoms with Crippen molar-refractivity contribution in [1.82, 2.24) is 24.9 Å². The van der Waals surface area contributed by atoms with Crippen molar-refractivity contribution in [2.75, 3.05) is 25.6 Å². The summed E-state index contributed by atoms with van der Waals surface area (Å²) in [6.45, 7) is 0.878. The number of methoxy groups -OCH3 is 1. The zero-order valence-electron chi connectivity index (χ0n) is 18.3. The average molecular weight is 460 g/mol. The van der Waals surface area contributed by atoms with Crippen LogP contribution in [0.1, 0.15) is 28.4 Å². The Kier molecular flexibility index (Phi) is 4.72.